The zero-order valence-electron chi connectivity index (χ0n) is 37.9. The molecule has 0 atom stereocenters. The Morgan fingerprint density at radius 3 is 1.48 bits per heavy atom. The van der Waals surface area contributed by atoms with Crippen molar-refractivity contribution in [2.75, 3.05) is 0 Å². The van der Waals surface area contributed by atoms with Crippen molar-refractivity contribution in [3.8, 4) is 33.6 Å². The van der Waals surface area contributed by atoms with Crippen LogP contribution in [-0.4, -0.2) is 9.13 Å². The highest BCUT2D eigenvalue weighted by molar-refractivity contribution is 6.12. The molecule has 0 aliphatic carbocycles. The SMILES string of the molecule is [2H]c1c([2H])c([2H])c2c(c1[2H])c1c([2H])c(-n3c4c([2H])c([2H])c([2H])c([2H])c4c4c([2H])c([2H])c([2H])c([2H])c43)c([2H])c([2H])c1n2-c1cccc(-c2ccc(-c3ccccc3)cc2)c1. The predicted molar refractivity (Wildman–Crippen MR) is 186 cm³/mol. The van der Waals surface area contributed by atoms with E-state index in [2.05, 4.69) is 0 Å². The lowest BCUT2D eigenvalue weighted by Gasteiger charge is -2.12. The Bertz CT molecular complexity index is 3240. The van der Waals surface area contributed by atoms with Gasteiger partial charge < -0.3 is 9.13 Å². The highest BCUT2D eigenvalue weighted by Crippen LogP contribution is 2.37. The first-order valence-corrected chi connectivity index (χ1v) is 13.9. The van der Waals surface area contributed by atoms with Crippen molar-refractivity contribution in [3.63, 3.8) is 0 Å². The zero-order valence-corrected chi connectivity index (χ0v) is 22.9. The molecule has 44 heavy (non-hydrogen) atoms. The van der Waals surface area contributed by atoms with Crippen molar-refractivity contribution in [1.29, 1.82) is 0 Å². The predicted octanol–water partition coefficient (Wildman–Crippen LogP) is 11.2. The van der Waals surface area contributed by atoms with Crippen molar-refractivity contribution in [1.82, 2.24) is 9.13 Å². The Labute approximate surface area is 276 Å². The van der Waals surface area contributed by atoms with Gasteiger partial charge in [0.15, 0.2) is 0 Å². The molecule has 0 saturated heterocycles. The van der Waals surface area contributed by atoms with Crippen LogP contribution in [-0.2, 0) is 0 Å². The third kappa shape index (κ3) is 3.82. The van der Waals surface area contributed by atoms with Crippen LogP contribution in [0.4, 0.5) is 0 Å². The van der Waals surface area contributed by atoms with Crippen LogP contribution in [0.2, 0.25) is 0 Å². The van der Waals surface area contributed by atoms with E-state index in [1.165, 1.54) is 4.57 Å². The summed E-state index contributed by atoms with van der Waals surface area (Å²) in [6, 6.07) is 15.5. The van der Waals surface area contributed by atoms with Crippen molar-refractivity contribution in [2.24, 2.45) is 0 Å². The molecule has 0 saturated carbocycles. The number of benzene rings is 7. The average molecular weight is 576 g/mol. The van der Waals surface area contributed by atoms with Crippen molar-refractivity contribution in [3.05, 3.63) is 169 Å². The van der Waals surface area contributed by atoms with Crippen LogP contribution < -0.4 is 0 Å². The Balaban J connectivity index is 1.42. The highest BCUT2D eigenvalue weighted by atomic mass is 15.0. The van der Waals surface area contributed by atoms with Gasteiger partial charge in [0.2, 0.25) is 0 Å². The first-order valence-electron chi connectivity index (χ1n) is 21.4. The summed E-state index contributed by atoms with van der Waals surface area (Å²) in [6.45, 7) is 0. The second-order valence-corrected chi connectivity index (χ2v) is 10.3. The van der Waals surface area contributed by atoms with Gasteiger partial charge in [-0.25, -0.2) is 0 Å². The van der Waals surface area contributed by atoms with E-state index in [9.17, 15) is 4.11 Å². The van der Waals surface area contributed by atoms with E-state index >= 15 is 0 Å². The van der Waals surface area contributed by atoms with Gasteiger partial charge in [0, 0.05) is 32.9 Å². The molecule has 0 unspecified atom stereocenters. The molecule has 2 heteroatoms. The van der Waals surface area contributed by atoms with Gasteiger partial charge in [-0.1, -0.05) is 121 Å². The van der Waals surface area contributed by atoms with Crippen LogP contribution >= 0.6 is 0 Å². The Kier molecular flexibility index (Phi) is 3.15. The average Bonchev–Trinajstić information content (AvgIpc) is 3.80. The van der Waals surface area contributed by atoms with E-state index in [0.717, 1.165) is 26.8 Å². The highest BCUT2D eigenvalue weighted by Gasteiger charge is 2.16. The molecule has 0 aliphatic rings. The van der Waals surface area contributed by atoms with E-state index < -0.39 is 96.3 Å². The molecule has 0 bridgehead atoms. The number of para-hydroxylation sites is 3. The maximum Gasteiger partial charge on any atom is 0.0652 e. The second-order valence-electron chi connectivity index (χ2n) is 10.3. The molecule has 2 nitrogen and oxygen atoms in total. The number of hydrogen-bond donors (Lipinski definition) is 0. The lowest BCUT2D eigenvalue weighted by Crippen LogP contribution is -1.96. The molecule has 0 aliphatic heterocycles. The molecule has 0 radical (unpaired) electrons. The smallest absolute Gasteiger partial charge is 0.0652 e. The van der Waals surface area contributed by atoms with Gasteiger partial charge in [0.05, 0.1) is 42.6 Å². The lowest BCUT2D eigenvalue weighted by atomic mass is 10.00. The molecule has 206 valence electrons. The lowest BCUT2D eigenvalue weighted by molar-refractivity contribution is 1.17. The van der Waals surface area contributed by atoms with Crippen LogP contribution in [0.15, 0.2) is 169 Å². The maximum absolute atomic E-state index is 9.79. The quantitative estimate of drug-likeness (QED) is 0.197. The van der Waals surface area contributed by atoms with E-state index in [1.54, 1.807) is 18.2 Å². The minimum Gasteiger partial charge on any atom is -0.309 e. The molecule has 0 spiro atoms. The van der Waals surface area contributed by atoms with Gasteiger partial charge in [0.1, 0.15) is 0 Å². The van der Waals surface area contributed by atoms with E-state index in [0.29, 0.717) is 5.69 Å². The zero-order chi connectivity index (χ0) is 42.1. The number of nitrogens with zero attached hydrogens (tertiary/aromatic N) is 2. The molecule has 9 rings (SSSR count). The Morgan fingerprint density at radius 2 is 0.841 bits per heavy atom. The molecule has 9 aromatic rings. The Hall–Kier alpha value is -5.86. The van der Waals surface area contributed by atoms with Gasteiger partial charge >= 0.3 is 0 Å². The minimum atomic E-state index is -0.702. The van der Waals surface area contributed by atoms with Crippen molar-refractivity contribution >= 4 is 43.6 Å². The van der Waals surface area contributed by atoms with E-state index in [-0.39, 0.29) is 43.6 Å². The number of rotatable bonds is 4. The summed E-state index contributed by atoms with van der Waals surface area (Å²) in [5.41, 5.74) is 2.59. The van der Waals surface area contributed by atoms with E-state index in [1.807, 2.05) is 60.7 Å². The first-order chi connectivity index (χ1) is 28.1. The molecule has 0 N–H and O–H groups in total. The summed E-state index contributed by atoms with van der Waals surface area (Å²) in [6.07, 6.45) is 0. The van der Waals surface area contributed by atoms with Gasteiger partial charge in [-0.15, -0.1) is 0 Å². The molecule has 0 amide bonds. The number of fused-ring (bicyclic) bond motifs is 6. The summed E-state index contributed by atoms with van der Waals surface area (Å²) in [7, 11) is 0. The van der Waals surface area contributed by atoms with Crippen LogP contribution in [0.3, 0.4) is 0 Å². The fourth-order valence-electron chi connectivity index (χ4n) is 5.83. The van der Waals surface area contributed by atoms with Gasteiger partial charge in [-0.05, 0) is 70.6 Å². The summed E-state index contributed by atoms with van der Waals surface area (Å²) in [5, 5.41) is -0.868. The summed E-state index contributed by atoms with van der Waals surface area (Å²) < 4.78 is 136. The number of hydrogen-bond acceptors (Lipinski definition) is 0. The van der Waals surface area contributed by atoms with Gasteiger partial charge in [0.25, 0.3) is 0 Å². The molecule has 7 aromatic carbocycles. The van der Waals surface area contributed by atoms with Gasteiger partial charge in [-0.3, -0.25) is 0 Å². The normalized spacial score (nSPS) is 16.4. The van der Waals surface area contributed by atoms with Crippen LogP contribution in [0.25, 0.3) is 77.2 Å². The van der Waals surface area contributed by atoms with Gasteiger partial charge in [-0.2, -0.15) is 0 Å². The largest absolute Gasteiger partial charge is 0.309 e. The third-order valence-electron chi connectivity index (χ3n) is 7.83. The monoisotopic (exact) mass is 575 g/mol. The van der Waals surface area contributed by atoms with Crippen molar-refractivity contribution in [2.45, 2.75) is 0 Å². The summed E-state index contributed by atoms with van der Waals surface area (Å²) >= 11 is 0. The molecule has 2 heterocycles. The molecule has 2 aromatic heterocycles. The third-order valence-corrected chi connectivity index (χ3v) is 7.83. The minimum absolute atomic E-state index is 0.0767. The van der Waals surface area contributed by atoms with Crippen LogP contribution in [0, 0.1) is 0 Å². The standard InChI is InChI=1S/C42H28N2/c1-2-11-29(12-3-1)30-21-23-31(24-22-30)32-13-10-14-33(27-32)43-41-20-9-6-17-37(41)38-28-34(25-26-42(38)43)44-39-18-7-4-15-35(39)36-16-5-8-19-40(36)44/h1-28H/i4D,5D,6D,7D,8D,9D,15D,16D,17D,18D,19D,20D,25D,26D,28D. The fraction of sp³-hybridized carbons (Fsp3) is 0. The maximum atomic E-state index is 9.79. The summed E-state index contributed by atoms with van der Waals surface area (Å²) in [4.78, 5) is 0. The number of aromatic nitrogens is 2. The first kappa shape index (κ1) is 14.1. The topological polar surface area (TPSA) is 9.86 Å². The second kappa shape index (κ2) is 9.86. The summed E-state index contributed by atoms with van der Waals surface area (Å²) in [5.74, 6) is 0. The van der Waals surface area contributed by atoms with Crippen LogP contribution in [0.1, 0.15) is 20.6 Å². The molecule has 0 fully saturated rings. The fourth-order valence-corrected chi connectivity index (χ4v) is 5.83. The van der Waals surface area contributed by atoms with Crippen molar-refractivity contribution < 1.29 is 20.6 Å². The van der Waals surface area contributed by atoms with Crippen LogP contribution in [0.5, 0.6) is 0 Å². The molecular formula is C42H28N2. The van der Waals surface area contributed by atoms with E-state index in [4.69, 9.17) is 16.4 Å². The molecular weight excluding hydrogens is 532 g/mol. The Morgan fingerprint density at radius 1 is 0.364 bits per heavy atom.